The molecule has 0 spiro atoms. The first-order chi connectivity index (χ1) is 7.99. The SMILES string of the molecule is Cc1cccc(C(C)(N)Cc2nccn2C)c1. The summed E-state index contributed by atoms with van der Waals surface area (Å²) in [7, 11) is 1.99. The highest BCUT2D eigenvalue weighted by Gasteiger charge is 2.23. The highest BCUT2D eigenvalue weighted by molar-refractivity contribution is 5.29. The largest absolute Gasteiger partial charge is 0.338 e. The topological polar surface area (TPSA) is 43.8 Å². The summed E-state index contributed by atoms with van der Waals surface area (Å²) in [5, 5.41) is 0. The molecule has 0 aliphatic carbocycles. The Morgan fingerprint density at radius 3 is 2.76 bits per heavy atom. The van der Waals surface area contributed by atoms with E-state index in [1.807, 2.05) is 30.1 Å². The molecule has 1 heterocycles. The quantitative estimate of drug-likeness (QED) is 0.876. The van der Waals surface area contributed by atoms with Gasteiger partial charge in [0.2, 0.25) is 0 Å². The van der Waals surface area contributed by atoms with Crippen LogP contribution in [0, 0.1) is 6.92 Å². The van der Waals surface area contributed by atoms with Gasteiger partial charge in [0.1, 0.15) is 5.82 Å². The number of rotatable bonds is 3. The molecule has 17 heavy (non-hydrogen) atoms. The van der Waals surface area contributed by atoms with Crippen LogP contribution in [-0.2, 0) is 19.0 Å². The summed E-state index contributed by atoms with van der Waals surface area (Å²) in [5.41, 5.74) is 8.42. The first kappa shape index (κ1) is 11.9. The number of nitrogens with two attached hydrogens (primary N) is 1. The monoisotopic (exact) mass is 229 g/mol. The maximum absolute atomic E-state index is 6.41. The summed E-state index contributed by atoms with van der Waals surface area (Å²) < 4.78 is 2.01. The van der Waals surface area contributed by atoms with Gasteiger partial charge < -0.3 is 10.3 Å². The van der Waals surface area contributed by atoms with Crippen molar-refractivity contribution in [2.75, 3.05) is 0 Å². The van der Waals surface area contributed by atoms with Gasteiger partial charge in [-0.1, -0.05) is 29.8 Å². The van der Waals surface area contributed by atoms with Crippen LogP contribution in [0.4, 0.5) is 0 Å². The van der Waals surface area contributed by atoms with E-state index in [-0.39, 0.29) is 5.54 Å². The van der Waals surface area contributed by atoms with Crippen LogP contribution in [0.3, 0.4) is 0 Å². The average Bonchev–Trinajstić information content (AvgIpc) is 2.64. The maximum atomic E-state index is 6.41. The minimum absolute atomic E-state index is 0.384. The zero-order chi connectivity index (χ0) is 12.5. The molecule has 90 valence electrons. The molecule has 1 atom stereocenters. The Hall–Kier alpha value is -1.61. The van der Waals surface area contributed by atoms with Gasteiger partial charge in [-0.2, -0.15) is 0 Å². The van der Waals surface area contributed by atoms with Crippen LogP contribution >= 0.6 is 0 Å². The lowest BCUT2D eigenvalue weighted by atomic mass is 9.88. The lowest BCUT2D eigenvalue weighted by Gasteiger charge is -2.25. The lowest BCUT2D eigenvalue weighted by Crippen LogP contribution is -2.36. The minimum atomic E-state index is -0.384. The second kappa shape index (κ2) is 4.34. The Morgan fingerprint density at radius 1 is 1.41 bits per heavy atom. The zero-order valence-corrected chi connectivity index (χ0v) is 10.6. The van der Waals surface area contributed by atoms with Crippen molar-refractivity contribution in [2.45, 2.75) is 25.8 Å². The molecule has 1 unspecified atom stereocenters. The minimum Gasteiger partial charge on any atom is -0.338 e. The van der Waals surface area contributed by atoms with E-state index in [9.17, 15) is 0 Å². The van der Waals surface area contributed by atoms with E-state index in [0.29, 0.717) is 0 Å². The van der Waals surface area contributed by atoms with Crippen molar-refractivity contribution in [3.05, 3.63) is 53.6 Å². The Morgan fingerprint density at radius 2 is 2.18 bits per heavy atom. The molecule has 1 aromatic carbocycles. The van der Waals surface area contributed by atoms with Crippen LogP contribution in [0.25, 0.3) is 0 Å². The van der Waals surface area contributed by atoms with Crippen molar-refractivity contribution >= 4 is 0 Å². The second-order valence-corrected chi connectivity index (χ2v) is 4.92. The molecule has 0 amide bonds. The fourth-order valence-corrected chi connectivity index (χ4v) is 2.00. The molecule has 2 N–H and O–H groups in total. The van der Waals surface area contributed by atoms with Crippen LogP contribution in [-0.4, -0.2) is 9.55 Å². The number of imidazole rings is 1. The standard InChI is InChI=1S/C14H19N3/c1-11-5-4-6-12(9-11)14(2,15)10-13-16-7-8-17(13)3/h4-9H,10,15H2,1-3H3. The maximum Gasteiger partial charge on any atom is 0.110 e. The molecule has 0 fully saturated rings. The number of hydrogen-bond acceptors (Lipinski definition) is 2. The Labute approximate surface area is 102 Å². The first-order valence-corrected chi connectivity index (χ1v) is 5.81. The predicted molar refractivity (Wildman–Crippen MR) is 69.6 cm³/mol. The van der Waals surface area contributed by atoms with Gasteiger partial charge in [-0.05, 0) is 19.4 Å². The van der Waals surface area contributed by atoms with Gasteiger partial charge in [-0.15, -0.1) is 0 Å². The van der Waals surface area contributed by atoms with E-state index in [4.69, 9.17) is 5.73 Å². The van der Waals surface area contributed by atoms with Crippen LogP contribution in [0.1, 0.15) is 23.9 Å². The van der Waals surface area contributed by atoms with Crippen molar-refractivity contribution < 1.29 is 0 Å². The highest BCUT2D eigenvalue weighted by Crippen LogP contribution is 2.22. The number of nitrogens with zero attached hydrogens (tertiary/aromatic N) is 2. The Bertz CT molecular complexity index is 512. The summed E-state index contributed by atoms with van der Waals surface area (Å²) in [6, 6.07) is 8.35. The smallest absolute Gasteiger partial charge is 0.110 e. The normalized spacial score (nSPS) is 14.6. The van der Waals surface area contributed by atoms with Crippen molar-refractivity contribution in [3.8, 4) is 0 Å². The fourth-order valence-electron chi connectivity index (χ4n) is 2.00. The van der Waals surface area contributed by atoms with E-state index < -0.39 is 0 Å². The molecule has 2 aromatic rings. The molecule has 3 heteroatoms. The van der Waals surface area contributed by atoms with Crippen molar-refractivity contribution in [3.63, 3.8) is 0 Å². The third kappa shape index (κ3) is 2.56. The zero-order valence-electron chi connectivity index (χ0n) is 10.6. The fraction of sp³-hybridized carbons (Fsp3) is 0.357. The van der Waals surface area contributed by atoms with Gasteiger partial charge in [-0.25, -0.2) is 4.98 Å². The third-order valence-electron chi connectivity index (χ3n) is 3.12. The molecular weight excluding hydrogens is 210 g/mol. The number of benzene rings is 1. The first-order valence-electron chi connectivity index (χ1n) is 5.81. The molecular formula is C14H19N3. The van der Waals surface area contributed by atoms with Crippen LogP contribution < -0.4 is 5.73 Å². The van der Waals surface area contributed by atoms with Crippen LogP contribution in [0.15, 0.2) is 36.7 Å². The van der Waals surface area contributed by atoms with Crippen LogP contribution in [0.2, 0.25) is 0 Å². The number of aryl methyl sites for hydroxylation is 2. The summed E-state index contributed by atoms with van der Waals surface area (Å²) in [5.74, 6) is 1.01. The summed E-state index contributed by atoms with van der Waals surface area (Å²) >= 11 is 0. The molecule has 0 saturated carbocycles. The summed E-state index contributed by atoms with van der Waals surface area (Å²) in [6.45, 7) is 4.14. The van der Waals surface area contributed by atoms with Crippen molar-refractivity contribution in [1.82, 2.24) is 9.55 Å². The average molecular weight is 229 g/mol. The molecule has 3 nitrogen and oxygen atoms in total. The van der Waals surface area contributed by atoms with E-state index in [2.05, 4.69) is 37.0 Å². The van der Waals surface area contributed by atoms with Gasteiger partial charge in [0.25, 0.3) is 0 Å². The van der Waals surface area contributed by atoms with E-state index in [1.54, 1.807) is 0 Å². The van der Waals surface area contributed by atoms with Crippen molar-refractivity contribution in [1.29, 1.82) is 0 Å². The predicted octanol–water partition coefficient (Wildman–Crippen LogP) is 2.15. The molecule has 0 saturated heterocycles. The van der Waals surface area contributed by atoms with E-state index >= 15 is 0 Å². The third-order valence-corrected chi connectivity index (χ3v) is 3.12. The van der Waals surface area contributed by atoms with E-state index in [1.165, 1.54) is 5.56 Å². The molecule has 1 aromatic heterocycles. The van der Waals surface area contributed by atoms with Gasteiger partial charge in [0, 0.05) is 31.4 Å². The van der Waals surface area contributed by atoms with Gasteiger partial charge in [0.05, 0.1) is 0 Å². The summed E-state index contributed by atoms with van der Waals surface area (Å²) in [4.78, 5) is 4.33. The highest BCUT2D eigenvalue weighted by atomic mass is 15.0. The van der Waals surface area contributed by atoms with E-state index in [0.717, 1.165) is 17.8 Å². The molecule has 0 radical (unpaired) electrons. The molecule has 2 rings (SSSR count). The second-order valence-electron chi connectivity index (χ2n) is 4.92. The molecule has 0 bridgehead atoms. The lowest BCUT2D eigenvalue weighted by molar-refractivity contribution is 0.470. The van der Waals surface area contributed by atoms with Gasteiger partial charge >= 0.3 is 0 Å². The number of aromatic nitrogens is 2. The number of hydrogen-bond donors (Lipinski definition) is 1. The Balaban J connectivity index is 2.27. The summed E-state index contributed by atoms with van der Waals surface area (Å²) in [6.07, 6.45) is 4.49. The molecule has 0 aliphatic heterocycles. The molecule has 0 aliphatic rings. The van der Waals surface area contributed by atoms with Crippen LogP contribution in [0.5, 0.6) is 0 Å². The van der Waals surface area contributed by atoms with Crippen molar-refractivity contribution in [2.24, 2.45) is 12.8 Å². The van der Waals surface area contributed by atoms with Gasteiger partial charge in [0.15, 0.2) is 0 Å². The Kier molecular flexibility index (Phi) is 3.03. The van der Waals surface area contributed by atoms with Gasteiger partial charge in [-0.3, -0.25) is 0 Å².